The first-order valence-corrected chi connectivity index (χ1v) is 5.26. The Morgan fingerprint density at radius 1 is 1.26 bits per heavy atom. The second kappa shape index (κ2) is 6.08. The van der Waals surface area contributed by atoms with E-state index in [1.807, 2.05) is 0 Å². The highest BCUT2D eigenvalue weighted by molar-refractivity contribution is 5.89. The van der Waals surface area contributed by atoms with Gasteiger partial charge in [0, 0.05) is 6.92 Å². The molecule has 1 aromatic carbocycles. The first-order chi connectivity index (χ1) is 8.88. The molecule has 0 aromatic heterocycles. The van der Waals surface area contributed by atoms with Crippen molar-refractivity contribution >= 4 is 11.9 Å². The van der Waals surface area contributed by atoms with Gasteiger partial charge in [0.2, 0.25) is 0 Å². The summed E-state index contributed by atoms with van der Waals surface area (Å²) in [5.74, 6) is -3.63. The summed E-state index contributed by atoms with van der Waals surface area (Å²) in [5, 5.41) is 0. The Morgan fingerprint density at radius 2 is 1.79 bits per heavy atom. The molecule has 0 bridgehead atoms. The minimum absolute atomic E-state index is 0.373. The Kier molecular flexibility index (Phi) is 4.74. The SMILES string of the molecule is C=C(C(=O)OC)C(OC(C)=O)c1c(F)cccc1F. The summed E-state index contributed by atoms with van der Waals surface area (Å²) in [5.41, 5.74) is -0.935. The lowest BCUT2D eigenvalue weighted by atomic mass is 10.0. The van der Waals surface area contributed by atoms with Gasteiger partial charge in [0.1, 0.15) is 11.6 Å². The molecule has 0 aliphatic heterocycles. The summed E-state index contributed by atoms with van der Waals surface area (Å²) in [7, 11) is 1.08. The first kappa shape index (κ1) is 14.8. The summed E-state index contributed by atoms with van der Waals surface area (Å²) in [6.07, 6.45) is -1.56. The molecule has 1 rings (SSSR count). The van der Waals surface area contributed by atoms with Crippen LogP contribution in [0, 0.1) is 11.6 Å². The minimum Gasteiger partial charge on any atom is -0.466 e. The average Bonchev–Trinajstić information content (AvgIpc) is 2.35. The van der Waals surface area contributed by atoms with Crippen molar-refractivity contribution in [1.29, 1.82) is 0 Å². The first-order valence-electron chi connectivity index (χ1n) is 5.26. The second-order valence-corrected chi connectivity index (χ2v) is 3.64. The van der Waals surface area contributed by atoms with Crippen molar-refractivity contribution in [3.8, 4) is 0 Å². The zero-order valence-electron chi connectivity index (χ0n) is 10.4. The van der Waals surface area contributed by atoms with E-state index in [2.05, 4.69) is 11.3 Å². The van der Waals surface area contributed by atoms with Crippen LogP contribution in [0.4, 0.5) is 8.78 Å². The Hall–Kier alpha value is -2.24. The highest BCUT2D eigenvalue weighted by atomic mass is 19.1. The highest BCUT2D eigenvalue weighted by Gasteiger charge is 2.29. The molecule has 0 radical (unpaired) electrons. The third kappa shape index (κ3) is 3.37. The number of carbonyl (C=O) groups is 2. The van der Waals surface area contributed by atoms with Gasteiger partial charge in [-0.25, -0.2) is 13.6 Å². The molecule has 0 aliphatic rings. The number of benzene rings is 1. The van der Waals surface area contributed by atoms with Gasteiger partial charge in [0.15, 0.2) is 6.10 Å². The minimum atomic E-state index is -1.56. The topological polar surface area (TPSA) is 52.6 Å². The normalized spacial score (nSPS) is 11.6. The molecule has 0 heterocycles. The molecule has 0 N–H and O–H groups in total. The number of halogens is 2. The number of esters is 2. The van der Waals surface area contributed by atoms with Gasteiger partial charge in [0.25, 0.3) is 0 Å². The summed E-state index contributed by atoms with van der Waals surface area (Å²) < 4.78 is 36.5. The van der Waals surface area contributed by atoms with Crippen LogP contribution in [0.1, 0.15) is 18.6 Å². The third-order valence-corrected chi connectivity index (χ3v) is 2.31. The van der Waals surface area contributed by atoms with E-state index in [1.165, 1.54) is 0 Å². The average molecular weight is 270 g/mol. The number of methoxy groups -OCH3 is 1. The van der Waals surface area contributed by atoms with Crippen molar-refractivity contribution in [2.75, 3.05) is 7.11 Å². The standard InChI is InChI=1S/C13H12F2O4/c1-7(13(17)18-3)12(19-8(2)16)11-9(14)5-4-6-10(11)15/h4-6,12H,1H2,2-3H3. The van der Waals surface area contributed by atoms with Gasteiger partial charge in [-0.1, -0.05) is 12.6 Å². The van der Waals surface area contributed by atoms with Crippen molar-refractivity contribution in [1.82, 2.24) is 0 Å². The molecule has 1 aromatic rings. The number of carbonyl (C=O) groups excluding carboxylic acids is 2. The summed E-state index contributed by atoms with van der Waals surface area (Å²) in [6, 6.07) is 3.12. The van der Waals surface area contributed by atoms with E-state index in [1.54, 1.807) is 0 Å². The number of hydrogen-bond acceptors (Lipinski definition) is 4. The fourth-order valence-corrected chi connectivity index (χ4v) is 1.47. The Balaban J connectivity index is 3.28. The van der Waals surface area contributed by atoms with Gasteiger partial charge < -0.3 is 9.47 Å². The van der Waals surface area contributed by atoms with Crippen molar-refractivity contribution < 1.29 is 27.8 Å². The molecule has 0 aliphatic carbocycles. The zero-order chi connectivity index (χ0) is 14.6. The van der Waals surface area contributed by atoms with Crippen LogP contribution in [-0.2, 0) is 19.1 Å². The van der Waals surface area contributed by atoms with Crippen molar-refractivity contribution in [3.63, 3.8) is 0 Å². The van der Waals surface area contributed by atoms with E-state index in [0.717, 1.165) is 32.2 Å². The van der Waals surface area contributed by atoms with Crippen molar-refractivity contribution in [2.45, 2.75) is 13.0 Å². The third-order valence-electron chi connectivity index (χ3n) is 2.31. The van der Waals surface area contributed by atoms with Crippen molar-refractivity contribution in [3.05, 3.63) is 47.5 Å². The molecule has 6 heteroatoms. The lowest BCUT2D eigenvalue weighted by Crippen LogP contribution is -2.19. The maximum absolute atomic E-state index is 13.7. The zero-order valence-corrected chi connectivity index (χ0v) is 10.4. The highest BCUT2D eigenvalue weighted by Crippen LogP contribution is 2.30. The Morgan fingerprint density at radius 3 is 2.21 bits per heavy atom. The largest absolute Gasteiger partial charge is 0.466 e. The van der Waals surface area contributed by atoms with E-state index in [-0.39, 0.29) is 5.57 Å². The molecule has 0 saturated heterocycles. The lowest BCUT2D eigenvalue weighted by Gasteiger charge is -2.19. The van der Waals surface area contributed by atoms with Gasteiger partial charge in [0.05, 0.1) is 18.2 Å². The van der Waals surface area contributed by atoms with Crippen LogP contribution in [-0.4, -0.2) is 19.0 Å². The molecule has 0 fully saturated rings. The predicted molar refractivity (Wildman–Crippen MR) is 62.0 cm³/mol. The van der Waals surface area contributed by atoms with E-state index in [4.69, 9.17) is 4.74 Å². The second-order valence-electron chi connectivity index (χ2n) is 3.64. The molecular weight excluding hydrogens is 258 g/mol. The van der Waals surface area contributed by atoms with Crippen LogP contribution >= 0.6 is 0 Å². The lowest BCUT2D eigenvalue weighted by molar-refractivity contribution is -0.147. The molecule has 1 atom stereocenters. The van der Waals surface area contributed by atoms with Gasteiger partial charge in [-0.3, -0.25) is 4.79 Å². The quantitative estimate of drug-likeness (QED) is 0.622. The fourth-order valence-electron chi connectivity index (χ4n) is 1.47. The Labute approximate surface area is 108 Å². The molecule has 0 spiro atoms. The van der Waals surface area contributed by atoms with E-state index >= 15 is 0 Å². The number of rotatable bonds is 4. The van der Waals surface area contributed by atoms with Crippen LogP contribution in [0.3, 0.4) is 0 Å². The van der Waals surface area contributed by atoms with Gasteiger partial charge in [-0.05, 0) is 12.1 Å². The van der Waals surface area contributed by atoms with E-state index < -0.39 is 35.2 Å². The van der Waals surface area contributed by atoms with Crippen LogP contribution in [0.15, 0.2) is 30.4 Å². The van der Waals surface area contributed by atoms with Gasteiger partial charge in [-0.15, -0.1) is 0 Å². The summed E-state index contributed by atoms with van der Waals surface area (Å²) >= 11 is 0. The van der Waals surface area contributed by atoms with Crippen LogP contribution in [0.2, 0.25) is 0 Å². The summed E-state index contributed by atoms with van der Waals surface area (Å²) in [6.45, 7) is 4.40. The smallest absolute Gasteiger partial charge is 0.337 e. The molecule has 0 amide bonds. The Bertz CT molecular complexity index is 505. The van der Waals surface area contributed by atoms with Gasteiger partial charge >= 0.3 is 11.9 Å². The van der Waals surface area contributed by atoms with Crippen LogP contribution < -0.4 is 0 Å². The monoisotopic (exact) mass is 270 g/mol. The van der Waals surface area contributed by atoms with Gasteiger partial charge in [-0.2, -0.15) is 0 Å². The molecule has 19 heavy (non-hydrogen) atoms. The molecule has 1 unspecified atom stereocenters. The summed E-state index contributed by atoms with van der Waals surface area (Å²) in [4.78, 5) is 22.4. The van der Waals surface area contributed by atoms with Crippen molar-refractivity contribution in [2.24, 2.45) is 0 Å². The van der Waals surface area contributed by atoms with Crippen LogP contribution in [0.5, 0.6) is 0 Å². The predicted octanol–water partition coefficient (Wildman–Crippen LogP) is 2.30. The number of ether oxygens (including phenoxy) is 2. The van der Waals surface area contributed by atoms with E-state index in [0.29, 0.717) is 0 Å². The molecule has 4 nitrogen and oxygen atoms in total. The number of hydrogen-bond donors (Lipinski definition) is 0. The fraction of sp³-hybridized carbons (Fsp3) is 0.231. The van der Waals surface area contributed by atoms with Crippen LogP contribution in [0.25, 0.3) is 0 Å². The molecular formula is C13H12F2O4. The maximum atomic E-state index is 13.7. The maximum Gasteiger partial charge on any atom is 0.337 e. The molecule has 0 saturated carbocycles. The van der Waals surface area contributed by atoms with E-state index in [9.17, 15) is 18.4 Å². The molecule has 102 valence electrons.